The molecular formula is C9H9ClN4. The molecule has 14 heavy (non-hydrogen) atoms. The van der Waals surface area contributed by atoms with E-state index in [0.717, 1.165) is 11.4 Å². The van der Waals surface area contributed by atoms with Gasteiger partial charge >= 0.3 is 0 Å². The van der Waals surface area contributed by atoms with Crippen LogP contribution in [0.1, 0.15) is 5.69 Å². The molecule has 0 radical (unpaired) electrons. The van der Waals surface area contributed by atoms with Gasteiger partial charge in [-0.1, -0.05) is 11.6 Å². The van der Waals surface area contributed by atoms with Crippen LogP contribution in [0.25, 0.3) is 11.5 Å². The molecule has 2 aromatic heterocycles. The SMILES string of the molecule is NCc1cnc(-c2ccc(Cl)cn2)[nH]1. The van der Waals surface area contributed by atoms with Crippen LogP contribution in [0.3, 0.4) is 0 Å². The van der Waals surface area contributed by atoms with Gasteiger partial charge in [0.2, 0.25) is 0 Å². The lowest BCUT2D eigenvalue weighted by atomic mass is 10.3. The first-order valence-corrected chi connectivity index (χ1v) is 4.53. The molecule has 0 saturated carbocycles. The van der Waals surface area contributed by atoms with Gasteiger partial charge in [0.1, 0.15) is 5.69 Å². The third-order valence-electron chi connectivity index (χ3n) is 1.82. The number of pyridine rings is 1. The van der Waals surface area contributed by atoms with Gasteiger partial charge in [-0.15, -0.1) is 0 Å². The van der Waals surface area contributed by atoms with Gasteiger partial charge in [-0.05, 0) is 12.1 Å². The second kappa shape index (κ2) is 3.77. The van der Waals surface area contributed by atoms with Crippen LogP contribution in [0.4, 0.5) is 0 Å². The summed E-state index contributed by atoms with van der Waals surface area (Å²) in [5.74, 6) is 0.710. The van der Waals surface area contributed by atoms with E-state index in [1.165, 1.54) is 0 Å². The maximum Gasteiger partial charge on any atom is 0.156 e. The number of rotatable bonds is 2. The largest absolute Gasteiger partial charge is 0.339 e. The summed E-state index contributed by atoms with van der Waals surface area (Å²) in [5, 5.41) is 0.611. The normalized spacial score (nSPS) is 10.4. The molecule has 2 rings (SSSR count). The van der Waals surface area contributed by atoms with E-state index < -0.39 is 0 Å². The van der Waals surface area contributed by atoms with Crippen LogP contribution in [0, 0.1) is 0 Å². The fourth-order valence-corrected chi connectivity index (χ4v) is 1.22. The van der Waals surface area contributed by atoms with Crippen LogP contribution in [-0.2, 0) is 6.54 Å². The minimum Gasteiger partial charge on any atom is -0.339 e. The molecular weight excluding hydrogens is 200 g/mol. The zero-order chi connectivity index (χ0) is 9.97. The molecule has 0 aliphatic rings. The molecule has 0 atom stereocenters. The Kier molecular flexibility index (Phi) is 2.47. The molecule has 4 nitrogen and oxygen atoms in total. The summed E-state index contributed by atoms with van der Waals surface area (Å²) < 4.78 is 0. The monoisotopic (exact) mass is 208 g/mol. The van der Waals surface area contributed by atoms with E-state index in [1.54, 1.807) is 18.5 Å². The topological polar surface area (TPSA) is 67.6 Å². The van der Waals surface area contributed by atoms with Crippen molar-refractivity contribution >= 4 is 11.6 Å². The number of imidazole rings is 1. The van der Waals surface area contributed by atoms with E-state index in [1.807, 2.05) is 6.07 Å². The number of nitrogens with two attached hydrogens (primary N) is 1. The van der Waals surface area contributed by atoms with Crippen LogP contribution >= 0.6 is 11.6 Å². The second-order valence-corrected chi connectivity index (χ2v) is 3.26. The molecule has 3 N–H and O–H groups in total. The van der Waals surface area contributed by atoms with Gasteiger partial charge in [0.05, 0.1) is 5.02 Å². The molecule has 2 aromatic rings. The number of nitrogens with zero attached hydrogens (tertiary/aromatic N) is 2. The van der Waals surface area contributed by atoms with Crippen molar-refractivity contribution in [3.05, 3.63) is 35.2 Å². The summed E-state index contributed by atoms with van der Waals surface area (Å²) in [5.41, 5.74) is 7.10. The number of nitrogens with one attached hydrogen (secondary N) is 1. The molecule has 0 fully saturated rings. The van der Waals surface area contributed by atoms with Gasteiger partial charge in [0.25, 0.3) is 0 Å². The van der Waals surface area contributed by atoms with Crippen LogP contribution in [0.15, 0.2) is 24.5 Å². The Bertz CT molecular complexity index is 421. The van der Waals surface area contributed by atoms with Crippen molar-refractivity contribution in [2.45, 2.75) is 6.54 Å². The average Bonchev–Trinajstić information content (AvgIpc) is 2.67. The molecule has 0 bridgehead atoms. The fourth-order valence-electron chi connectivity index (χ4n) is 1.11. The predicted octanol–water partition coefficient (Wildman–Crippen LogP) is 1.58. The van der Waals surface area contributed by atoms with Crippen LogP contribution in [-0.4, -0.2) is 15.0 Å². The van der Waals surface area contributed by atoms with Crippen molar-refractivity contribution in [3.63, 3.8) is 0 Å². The highest BCUT2D eigenvalue weighted by Crippen LogP contribution is 2.14. The maximum absolute atomic E-state index is 5.72. The van der Waals surface area contributed by atoms with E-state index in [2.05, 4.69) is 15.0 Å². The molecule has 0 unspecified atom stereocenters. The third kappa shape index (κ3) is 1.76. The molecule has 0 aromatic carbocycles. The first-order chi connectivity index (χ1) is 6.79. The van der Waals surface area contributed by atoms with Crippen molar-refractivity contribution in [1.82, 2.24) is 15.0 Å². The van der Waals surface area contributed by atoms with E-state index in [0.29, 0.717) is 17.4 Å². The van der Waals surface area contributed by atoms with E-state index in [4.69, 9.17) is 17.3 Å². The van der Waals surface area contributed by atoms with Gasteiger partial charge in [0, 0.05) is 24.6 Å². The predicted molar refractivity (Wildman–Crippen MR) is 54.7 cm³/mol. The quantitative estimate of drug-likeness (QED) is 0.788. The Morgan fingerprint density at radius 3 is 2.71 bits per heavy atom. The average molecular weight is 209 g/mol. The summed E-state index contributed by atoms with van der Waals surface area (Å²) in [4.78, 5) is 11.3. The summed E-state index contributed by atoms with van der Waals surface area (Å²) in [6.45, 7) is 0.445. The zero-order valence-corrected chi connectivity index (χ0v) is 8.12. The van der Waals surface area contributed by atoms with Crippen molar-refractivity contribution in [2.24, 2.45) is 5.73 Å². The molecule has 5 heteroatoms. The van der Waals surface area contributed by atoms with Crippen LogP contribution in [0.5, 0.6) is 0 Å². The highest BCUT2D eigenvalue weighted by Gasteiger charge is 2.03. The van der Waals surface area contributed by atoms with Crippen LogP contribution < -0.4 is 5.73 Å². The third-order valence-corrected chi connectivity index (χ3v) is 2.04. The van der Waals surface area contributed by atoms with Crippen LogP contribution in [0.2, 0.25) is 5.02 Å². The number of hydrogen-bond donors (Lipinski definition) is 2. The molecule has 0 saturated heterocycles. The summed E-state index contributed by atoms with van der Waals surface area (Å²) in [7, 11) is 0. The molecule has 0 aliphatic carbocycles. The van der Waals surface area contributed by atoms with Gasteiger partial charge < -0.3 is 10.7 Å². The van der Waals surface area contributed by atoms with Crippen molar-refractivity contribution < 1.29 is 0 Å². The van der Waals surface area contributed by atoms with E-state index in [-0.39, 0.29) is 0 Å². The summed E-state index contributed by atoms with van der Waals surface area (Å²) in [6, 6.07) is 3.58. The summed E-state index contributed by atoms with van der Waals surface area (Å²) in [6.07, 6.45) is 3.28. The Labute approximate surface area is 86.1 Å². The standard InChI is InChI=1S/C9H9ClN4/c10-6-1-2-8(12-4-6)9-13-5-7(3-11)14-9/h1-2,4-5H,3,11H2,(H,13,14). The Balaban J connectivity index is 2.34. The smallest absolute Gasteiger partial charge is 0.156 e. The Morgan fingerprint density at radius 2 is 2.14 bits per heavy atom. The number of halogens is 1. The van der Waals surface area contributed by atoms with Gasteiger partial charge in [-0.3, -0.25) is 4.98 Å². The lowest BCUT2D eigenvalue weighted by Gasteiger charge is -1.95. The number of H-pyrrole nitrogens is 1. The second-order valence-electron chi connectivity index (χ2n) is 2.82. The Hall–Kier alpha value is -1.39. The zero-order valence-electron chi connectivity index (χ0n) is 7.37. The lowest BCUT2D eigenvalue weighted by molar-refractivity contribution is 1.01. The molecule has 0 spiro atoms. The van der Waals surface area contributed by atoms with Gasteiger partial charge in [-0.2, -0.15) is 0 Å². The maximum atomic E-state index is 5.72. The van der Waals surface area contributed by atoms with E-state index in [9.17, 15) is 0 Å². The first kappa shape index (κ1) is 9.18. The molecule has 2 heterocycles. The summed E-state index contributed by atoms with van der Waals surface area (Å²) >= 11 is 5.72. The lowest BCUT2D eigenvalue weighted by Crippen LogP contribution is -1.95. The van der Waals surface area contributed by atoms with E-state index >= 15 is 0 Å². The van der Waals surface area contributed by atoms with Crippen molar-refractivity contribution in [1.29, 1.82) is 0 Å². The fraction of sp³-hybridized carbons (Fsp3) is 0.111. The highest BCUT2D eigenvalue weighted by atomic mass is 35.5. The van der Waals surface area contributed by atoms with Crippen molar-refractivity contribution in [3.8, 4) is 11.5 Å². The molecule has 0 amide bonds. The van der Waals surface area contributed by atoms with Crippen molar-refractivity contribution in [2.75, 3.05) is 0 Å². The van der Waals surface area contributed by atoms with Gasteiger partial charge in [-0.25, -0.2) is 4.98 Å². The number of hydrogen-bond acceptors (Lipinski definition) is 3. The molecule has 72 valence electrons. The highest BCUT2D eigenvalue weighted by molar-refractivity contribution is 6.30. The number of aromatic amines is 1. The van der Waals surface area contributed by atoms with Gasteiger partial charge in [0.15, 0.2) is 5.82 Å². The minimum atomic E-state index is 0.445. The minimum absolute atomic E-state index is 0.445. The molecule has 0 aliphatic heterocycles. The Morgan fingerprint density at radius 1 is 1.29 bits per heavy atom. The first-order valence-electron chi connectivity index (χ1n) is 4.15. The number of aromatic nitrogens is 3.